The van der Waals surface area contributed by atoms with Crippen molar-refractivity contribution in [1.82, 2.24) is 5.01 Å². The number of non-ortho nitro benzene ring substituents is 1. The Morgan fingerprint density at radius 3 is 2.52 bits per heavy atom. The molecule has 1 aliphatic rings. The minimum absolute atomic E-state index is 0.0280. The Morgan fingerprint density at radius 2 is 1.90 bits per heavy atom. The second-order valence-electron chi connectivity index (χ2n) is 6.54. The van der Waals surface area contributed by atoms with Crippen LogP contribution in [0.25, 0.3) is 0 Å². The topological polar surface area (TPSA) is 96.0 Å². The Bertz CT molecular complexity index is 963. The fourth-order valence-corrected chi connectivity index (χ4v) is 2.99. The number of aliphatic hydroxyl groups is 1. The third-order valence-corrected chi connectivity index (χ3v) is 4.54. The molecule has 0 fully saturated rings. The molecule has 1 unspecified atom stereocenters. The molecule has 1 N–H and O–H groups in total. The van der Waals surface area contributed by atoms with E-state index in [2.05, 4.69) is 5.10 Å². The van der Waals surface area contributed by atoms with Gasteiger partial charge >= 0.3 is 6.18 Å². The smallest absolute Gasteiger partial charge is 0.362 e. The second-order valence-corrected chi connectivity index (χ2v) is 6.54. The Kier molecular flexibility index (Phi) is 5.38. The Labute approximate surface area is 163 Å². The van der Waals surface area contributed by atoms with Gasteiger partial charge in [0.25, 0.3) is 11.4 Å². The molecule has 1 amide bonds. The van der Waals surface area contributed by atoms with Crippen LogP contribution in [-0.2, 0) is 11.2 Å². The highest BCUT2D eigenvalue weighted by molar-refractivity contribution is 6.04. The molecule has 152 valence electrons. The molecule has 0 saturated carbocycles. The van der Waals surface area contributed by atoms with Crippen LogP contribution >= 0.6 is 0 Å². The van der Waals surface area contributed by atoms with Gasteiger partial charge in [-0.2, -0.15) is 23.3 Å². The number of nitro benzene ring substituents is 1. The summed E-state index contributed by atoms with van der Waals surface area (Å²) in [5.74, 6) is -1.01. The van der Waals surface area contributed by atoms with Crippen LogP contribution in [0, 0.1) is 10.1 Å². The molecule has 29 heavy (non-hydrogen) atoms. The summed E-state index contributed by atoms with van der Waals surface area (Å²) in [6, 6.07) is 13.6. The third kappa shape index (κ3) is 4.11. The van der Waals surface area contributed by atoms with E-state index in [1.165, 1.54) is 18.2 Å². The van der Waals surface area contributed by atoms with E-state index in [1.54, 1.807) is 30.3 Å². The molecule has 0 bridgehead atoms. The van der Waals surface area contributed by atoms with Crippen molar-refractivity contribution < 1.29 is 28.0 Å². The van der Waals surface area contributed by atoms with Crippen molar-refractivity contribution in [3.05, 3.63) is 75.8 Å². The standard InChI is InChI=1S/C19H16F3N3O4/c20-19(21,22)18(27)12-16(14-7-4-8-15(11-14)25(28)29)23-24(18)17(26)10-9-13-5-2-1-3-6-13/h1-8,11,27H,9-10,12H2. The van der Waals surface area contributed by atoms with Crippen LogP contribution in [0.3, 0.4) is 0 Å². The zero-order valence-electron chi connectivity index (χ0n) is 15.0. The number of aryl methyl sites for hydroxylation is 1. The molecule has 0 radical (unpaired) electrons. The van der Waals surface area contributed by atoms with Crippen molar-refractivity contribution in [2.75, 3.05) is 0 Å². The number of amides is 1. The van der Waals surface area contributed by atoms with Gasteiger partial charge in [0.05, 0.1) is 17.1 Å². The summed E-state index contributed by atoms with van der Waals surface area (Å²) in [5, 5.41) is 25.0. The van der Waals surface area contributed by atoms with Crippen molar-refractivity contribution in [2.45, 2.75) is 31.2 Å². The van der Waals surface area contributed by atoms with Gasteiger partial charge in [0, 0.05) is 24.1 Å². The van der Waals surface area contributed by atoms with E-state index in [0.717, 1.165) is 11.6 Å². The highest BCUT2D eigenvalue weighted by Gasteiger charge is 2.63. The van der Waals surface area contributed by atoms with Gasteiger partial charge in [0.1, 0.15) is 0 Å². The van der Waals surface area contributed by atoms with Crippen LogP contribution in [-0.4, -0.2) is 38.6 Å². The first-order valence-corrected chi connectivity index (χ1v) is 8.60. The summed E-state index contributed by atoms with van der Waals surface area (Å²) in [4.78, 5) is 22.7. The molecular weight excluding hydrogens is 391 g/mol. The summed E-state index contributed by atoms with van der Waals surface area (Å²) in [5.41, 5.74) is -3.34. The lowest BCUT2D eigenvalue weighted by Gasteiger charge is -2.32. The van der Waals surface area contributed by atoms with Gasteiger partial charge in [-0.25, -0.2) is 0 Å². The SMILES string of the molecule is O=C(CCc1ccccc1)N1N=C(c2cccc([N+](=O)[O-])c2)CC1(O)C(F)(F)F. The first-order valence-electron chi connectivity index (χ1n) is 8.60. The Hall–Kier alpha value is -3.27. The van der Waals surface area contributed by atoms with Crippen LogP contribution in [0.4, 0.5) is 18.9 Å². The molecule has 1 atom stereocenters. The number of halogens is 3. The maximum Gasteiger partial charge on any atom is 0.438 e. The van der Waals surface area contributed by atoms with Crippen molar-refractivity contribution in [1.29, 1.82) is 0 Å². The van der Waals surface area contributed by atoms with E-state index < -0.39 is 29.2 Å². The molecular formula is C19H16F3N3O4. The predicted octanol–water partition coefficient (Wildman–Crippen LogP) is 3.41. The molecule has 3 rings (SSSR count). The van der Waals surface area contributed by atoms with Gasteiger partial charge in [0.2, 0.25) is 5.91 Å². The Balaban J connectivity index is 1.89. The fraction of sp³-hybridized carbons (Fsp3) is 0.263. The van der Waals surface area contributed by atoms with Gasteiger partial charge in [-0.05, 0) is 12.0 Å². The van der Waals surface area contributed by atoms with Crippen LogP contribution < -0.4 is 0 Å². The minimum atomic E-state index is -5.17. The lowest BCUT2D eigenvalue weighted by atomic mass is 10.00. The number of nitro groups is 1. The van der Waals surface area contributed by atoms with Gasteiger partial charge in [0.15, 0.2) is 0 Å². The van der Waals surface area contributed by atoms with Crippen LogP contribution in [0.2, 0.25) is 0 Å². The van der Waals surface area contributed by atoms with Gasteiger partial charge in [-0.1, -0.05) is 42.5 Å². The maximum atomic E-state index is 13.6. The van der Waals surface area contributed by atoms with E-state index >= 15 is 0 Å². The number of hydrazone groups is 1. The number of benzene rings is 2. The average Bonchev–Trinajstić information content (AvgIpc) is 3.06. The van der Waals surface area contributed by atoms with Crippen molar-refractivity contribution in [2.24, 2.45) is 5.10 Å². The predicted molar refractivity (Wildman–Crippen MR) is 96.9 cm³/mol. The quantitative estimate of drug-likeness (QED) is 0.607. The van der Waals surface area contributed by atoms with E-state index in [-0.39, 0.29) is 34.8 Å². The van der Waals surface area contributed by atoms with Crippen molar-refractivity contribution in [3.8, 4) is 0 Å². The van der Waals surface area contributed by atoms with Crippen molar-refractivity contribution >= 4 is 17.3 Å². The third-order valence-electron chi connectivity index (χ3n) is 4.54. The molecule has 2 aromatic carbocycles. The molecule has 0 saturated heterocycles. The van der Waals surface area contributed by atoms with Crippen LogP contribution in [0.1, 0.15) is 24.0 Å². The monoisotopic (exact) mass is 407 g/mol. The maximum absolute atomic E-state index is 13.6. The molecule has 7 nitrogen and oxygen atoms in total. The summed E-state index contributed by atoms with van der Waals surface area (Å²) in [7, 11) is 0. The van der Waals surface area contributed by atoms with E-state index in [0.29, 0.717) is 0 Å². The van der Waals surface area contributed by atoms with Gasteiger partial charge < -0.3 is 5.11 Å². The van der Waals surface area contributed by atoms with Crippen LogP contribution in [0.15, 0.2) is 59.7 Å². The fourth-order valence-electron chi connectivity index (χ4n) is 2.99. The normalized spacial score (nSPS) is 19.2. The number of carbonyl (C=O) groups is 1. The van der Waals surface area contributed by atoms with E-state index in [9.17, 15) is 33.2 Å². The lowest BCUT2D eigenvalue weighted by Crippen LogP contribution is -2.56. The number of hydrogen-bond donors (Lipinski definition) is 1. The highest BCUT2D eigenvalue weighted by Crippen LogP contribution is 2.41. The van der Waals surface area contributed by atoms with Gasteiger partial charge in [-0.3, -0.25) is 14.9 Å². The number of nitrogens with zero attached hydrogens (tertiary/aromatic N) is 3. The molecule has 0 aliphatic carbocycles. The average molecular weight is 407 g/mol. The number of rotatable bonds is 5. The largest absolute Gasteiger partial charge is 0.438 e. The molecule has 0 aromatic heterocycles. The first-order chi connectivity index (χ1) is 13.6. The van der Waals surface area contributed by atoms with E-state index in [1.807, 2.05) is 0 Å². The molecule has 0 spiro atoms. The number of alkyl halides is 3. The second kappa shape index (κ2) is 7.63. The van der Waals surface area contributed by atoms with E-state index in [4.69, 9.17) is 0 Å². The number of hydrogen-bond acceptors (Lipinski definition) is 5. The zero-order valence-corrected chi connectivity index (χ0v) is 15.0. The molecule has 1 heterocycles. The molecule has 2 aromatic rings. The summed E-state index contributed by atoms with van der Waals surface area (Å²) >= 11 is 0. The summed E-state index contributed by atoms with van der Waals surface area (Å²) in [6.07, 6.45) is -6.31. The summed E-state index contributed by atoms with van der Waals surface area (Å²) < 4.78 is 40.8. The van der Waals surface area contributed by atoms with Gasteiger partial charge in [-0.15, -0.1) is 0 Å². The van der Waals surface area contributed by atoms with Crippen molar-refractivity contribution in [3.63, 3.8) is 0 Å². The molecule has 1 aliphatic heterocycles. The highest BCUT2D eigenvalue weighted by atomic mass is 19.4. The lowest BCUT2D eigenvalue weighted by molar-refractivity contribution is -0.384. The van der Waals surface area contributed by atoms with Crippen LogP contribution in [0.5, 0.6) is 0 Å². The summed E-state index contributed by atoms with van der Waals surface area (Å²) in [6.45, 7) is 0. The minimum Gasteiger partial charge on any atom is -0.362 e. The molecule has 10 heteroatoms. The Morgan fingerprint density at radius 1 is 1.21 bits per heavy atom. The number of carbonyl (C=O) groups excluding carboxylic acids is 1. The zero-order chi connectivity index (χ0) is 21.2. The first kappa shape index (κ1) is 20.5.